The number of halogens is 1. The van der Waals surface area contributed by atoms with Gasteiger partial charge in [-0.25, -0.2) is 17.9 Å². The van der Waals surface area contributed by atoms with Crippen LogP contribution in [0.3, 0.4) is 0 Å². The van der Waals surface area contributed by atoms with Crippen molar-refractivity contribution >= 4 is 21.8 Å². The van der Waals surface area contributed by atoms with Crippen molar-refractivity contribution in [1.82, 2.24) is 10.6 Å². The van der Waals surface area contributed by atoms with Crippen LogP contribution in [0.25, 0.3) is 0 Å². The van der Waals surface area contributed by atoms with Gasteiger partial charge in [-0.15, -0.1) is 0 Å². The molecule has 2 aromatic carbocycles. The molecule has 0 fully saturated rings. The summed E-state index contributed by atoms with van der Waals surface area (Å²) in [6, 6.07) is 10.3. The van der Waals surface area contributed by atoms with E-state index < -0.39 is 33.7 Å². The van der Waals surface area contributed by atoms with Crippen molar-refractivity contribution in [2.45, 2.75) is 17.9 Å². The summed E-state index contributed by atoms with van der Waals surface area (Å²) in [6.07, 6.45) is 0. The summed E-state index contributed by atoms with van der Waals surface area (Å²) in [5.41, 5.74) is 0.918. The van der Waals surface area contributed by atoms with E-state index in [2.05, 4.69) is 10.6 Å². The smallest absolute Gasteiger partial charge is 0.251 e. The van der Waals surface area contributed by atoms with E-state index in [0.717, 1.165) is 12.1 Å². The van der Waals surface area contributed by atoms with Crippen LogP contribution in [0, 0.1) is 5.82 Å². The summed E-state index contributed by atoms with van der Waals surface area (Å²) in [5, 5.41) is 10.1. The Bertz CT molecular complexity index is 897. The van der Waals surface area contributed by atoms with Crippen LogP contribution in [0.1, 0.15) is 28.9 Å². The van der Waals surface area contributed by atoms with Gasteiger partial charge in [0, 0.05) is 5.56 Å². The summed E-state index contributed by atoms with van der Waals surface area (Å²) < 4.78 is 35.3. The molecule has 26 heavy (non-hydrogen) atoms. The number of amides is 2. The quantitative estimate of drug-likeness (QED) is 0.696. The maximum Gasteiger partial charge on any atom is 0.251 e. The van der Waals surface area contributed by atoms with E-state index in [4.69, 9.17) is 5.14 Å². The third-order valence-electron chi connectivity index (χ3n) is 3.60. The van der Waals surface area contributed by atoms with E-state index in [1.807, 2.05) is 0 Å². The van der Waals surface area contributed by atoms with Gasteiger partial charge in [-0.1, -0.05) is 12.1 Å². The van der Waals surface area contributed by atoms with Gasteiger partial charge in [0.15, 0.2) is 0 Å². The molecule has 2 amide bonds. The zero-order valence-electron chi connectivity index (χ0n) is 13.9. The van der Waals surface area contributed by atoms with Gasteiger partial charge in [0.2, 0.25) is 15.9 Å². The van der Waals surface area contributed by atoms with Crippen LogP contribution in [0.15, 0.2) is 53.4 Å². The van der Waals surface area contributed by atoms with E-state index in [0.29, 0.717) is 5.56 Å². The minimum Gasteiger partial charge on any atom is -0.348 e. The Morgan fingerprint density at radius 1 is 1.08 bits per heavy atom. The van der Waals surface area contributed by atoms with Crippen LogP contribution in [0.2, 0.25) is 0 Å². The van der Waals surface area contributed by atoms with Crippen molar-refractivity contribution in [1.29, 1.82) is 0 Å². The third-order valence-corrected chi connectivity index (χ3v) is 4.53. The summed E-state index contributed by atoms with van der Waals surface area (Å²) >= 11 is 0. The first-order valence-electron chi connectivity index (χ1n) is 7.62. The topological polar surface area (TPSA) is 118 Å². The molecule has 0 spiro atoms. The third kappa shape index (κ3) is 5.36. The van der Waals surface area contributed by atoms with Crippen molar-refractivity contribution in [3.63, 3.8) is 0 Å². The molecule has 138 valence electrons. The number of carbonyl (C=O) groups excluding carboxylic acids is 2. The predicted molar refractivity (Wildman–Crippen MR) is 93.1 cm³/mol. The van der Waals surface area contributed by atoms with E-state index in [9.17, 15) is 22.4 Å². The fourth-order valence-electron chi connectivity index (χ4n) is 2.19. The van der Waals surface area contributed by atoms with Crippen molar-refractivity contribution in [2.24, 2.45) is 5.14 Å². The van der Waals surface area contributed by atoms with Gasteiger partial charge in [0.25, 0.3) is 5.91 Å². The molecule has 0 aliphatic carbocycles. The minimum atomic E-state index is -3.77. The van der Waals surface area contributed by atoms with E-state index in [-0.39, 0.29) is 17.0 Å². The van der Waals surface area contributed by atoms with Gasteiger partial charge in [0.1, 0.15) is 5.82 Å². The van der Waals surface area contributed by atoms with Crippen LogP contribution < -0.4 is 15.8 Å². The molecule has 9 heteroatoms. The van der Waals surface area contributed by atoms with Gasteiger partial charge < -0.3 is 10.6 Å². The standard InChI is InChI=1S/C17H18FN3O4S/c1-11(12-4-8-15(9-5-12)26(19,24)25)21-16(22)10-20-17(23)13-2-6-14(18)7-3-13/h2-9,11H,10H2,1H3,(H,20,23)(H,21,22)(H2,19,24,25). The van der Waals surface area contributed by atoms with Crippen molar-refractivity contribution in [2.75, 3.05) is 6.54 Å². The van der Waals surface area contributed by atoms with Crippen molar-refractivity contribution in [3.8, 4) is 0 Å². The highest BCUT2D eigenvalue weighted by molar-refractivity contribution is 7.89. The Kier molecular flexibility index (Phi) is 6.06. The SMILES string of the molecule is CC(NC(=O)CNC(=O)c1ccc(F)cc1)c1ccc(S(N)(=O)=O)cc1. The molecule has 2 aromatic rings. The normalized spacial score (nSPS) is 12.3. The van der Waals surface area contributed by atoms with E-state index >= 15 is 0 Å². The molecule has 0 radical (unpaired) electrons. The second kappa shape index (κ2) is 8.07. The number of nitrogens with one attached hydrogen (secondary N) is 2. The number of carbonyl (C=O) groups is 2. The molecule has 2 rings (SSSR count). The number of rotatable bonds is 6. The minimum absolute atomic E-state index is 0.0219. The number of hydrogen-bond donors (Lipinski definition) is 3. The Hall–Kier alpha value is -2.78. The van der Waals surface area contributed by atoms with Crippen LogP contribution >= 0.6 is 0 Å². The summed E-state index contributed by atoms with van der Waals surface area (Å²) in [5.74, 6) is -1.38. The van der Waals surface area contributed by atoms with Gasteiger partial charge in [-0.3, -0.25) is 9.59 Å². The van der Waals surface area contributed by atoms with Crippen LogP contribution in [0.4, 0.5) is 4.39 Å². The first-order chi connectivity index (χ1) is 12.2. The molecule has 1 unspecified atom stereocenters. The number of nitrogens with two attached hydrogens (primary N) is 1. The molecule has 0 aliphatic rings. The first kappa shape index (κ1) is 19.5. The van der Waals surface area contributed by atoms with E-state index in [1.165, 1.54) is 24.3 Å². The fourth-order valence-corrected chi connectivity index (χ4v) is 2.70. The molecule has 0 aliphatic heterocycles. The largest absolute Gasteiger partial charge is 0.348 e. The summed E-state index contributed by atoms with van der Waals surface area (Å²) in [6.45, 7) is 1.46. The van der Waals surface area contributed by atoms with Gasteiger partial charge in [-0.2, -0.15) is 0 Å². The number of primary sulfonamides is 1. The number of sulfonamides is 1. The molecule has 0 saturated heterocycles. The van der Waals surface area contributed by atoms with Gasteiger partial charge in [-0.05, 0) is 48.9 Å². The lowest BCUT2D eigenvalue weighted by atomic mass is 10.1. The first-order valence-corrected chi connectivity index (χ1v) is 9.17. The van der Waals surface area contributed by atoms with Crippen molar-refractivity contribution < 1.29 is 22.4 Å². The zero-order chi connectivity index (χ0) is 19.3. The summed E-state index contributed by atoms with van der Waals surface area (Å²) in [4.78, 5) is 23.8. The number of hydrogen-bond acceptors (Lipinski definition) is 4. The zero-order valence-corrected chi connectivity index (χ0v) is 14.7. The maximum atomic E-state index is 12.8. The lowest BCUT2D eigenvalue weighted by Crippen LogP contribution is -2.38. The molecular weight excluding hydrogens is 361 g/mol. The highest BCUT2D eigenvalue weighted by Crippen LogP contribution is 2.15. The lowest BCUT2D eigenvalue weighted by Gasteiger charge is -2.15. The Morgan fingerprint density at radius 3 is 2.19 bits per heavy atom. The van der Waals surface area contributed by atoms with Gasteiger partial charge >= 0.3 is 0 Å². The second-order valence-corrected chi connectivity index (χ2v) is 7.15. The highest BCUT2D eigenvalue weighted by Gasteiger charge is 2.13. The average Bonchev–Trinajstić information content (AvgIpc) is 2.59. The Labute approximate surface area is 150 Å². The Morgan fingerprint density at radius 2 is 1.65 bits per heavy atom. The number of benzene rings is 2. The molecule has 0 aromatic heterocycles. The predicted octanol–water partition coefficient (Wildman–Crippen LogP) is 1.08. The molecule has 7 nitrogen and oxygen atoms in total. The fraction of sp³-hybridized carbons (Fsp3) is 0.176. The second-order valence-electron chi connectivity index (χ2n) is 5.59. The highest BCUT2D eigenvalue weighted by atomic mass is 32.2. The molecule has 0 bridgehead atoms. The summed E-state index contributed by atoms with van der Waals surface area (Å²) in [7, 11) is -3.77. The van der Waals surface area contributed by atoms with Crippen molar-refractivity contribution in [3.05, 3.63) is 65.5 Å². The molecule has 4 N–H and O–H groups in total. The Balaban J connectivity index is 1.88. The molecule has 1 atom stereocenters. The maximum absolute atomic E-state index is 12.8. The van der Waals surface area contributed by atoms with Crippen LogP contribution in [-0.4, -0.2) is 26.8 Å². The van der Waals surface area contributed by atoms with Gasteiger partial charge in [0.05, 0.1) is 17.5 Å². The van der Waals surface area contributed by atoms with E-state index in [1.54, 1.807) is 19.1 Å². The molecule has 0 saturated carbocycles. The average molecular weight is 379 g/mol. The lowest BCUT2D eigenvalue weighted by molar-refractivity contribution is -0.120. The van der Waals surface area contributed by atoms with Crippen LogP contribution in [-0.2, 0) is 14.8 Å². The monoisotopic (exact) mass is 379 g/mol. The molecular formula is C17H18FN3O4S. The molecule has 0 heterocycles. The van der Waals surface area contributed by atoms with Crippen LogP contribution in [0.5, 0.6) is 0 Å².